The van der Waals surface area contributed by atoms with Crippen molar-refractivity contribution >= 4 is 5.65 Å². The number of aromatic nitrogens is 3. The monoisotopic (exact) mass is 205 g/mol. The van der Waals surface area contributed by atoms with Gasteiger partial charge in [-0.3, -0.25) is 0 Å². The first kappa shape index (κ1) is 8.97. The summed E-state index contributed by atoms with van der Waals surface area (Å²) in [4.78, 5) is 0. The molecule has 0 saturated heterocycles. The van der Waals surface area contributed by atoms with Crippen molar-refractivity contribution in [2.24, 2.45) is 0 Å². The molecule has 3 rings (SSSR count). The molecule has 1 aliphatic rings. The number of nitrogens with zero attached hydrogens (tertiary/aromatic N) is 3. The highest BCUT2D eigenvalue weighted by Crippen LogP contribution is 2.31. The van der Waals surface area contributed by atoms with E-state index in [0.29, 0.717) is 6.04 Å². The minimum absolute atomic E-state index is 0.0697. The molecule has 0 unspecified atom stereocenters. The molecule has 0 atom stereocenters. The zero-order chi connectivity index (χ0) is 10.3. The van der Waals surface area contributed by atoms with Crippen LogP contribution in [0.3, 0.4) is 0 Å². The van der Waals surface area contributed by atoms with E-state index >= 15 is 0 Å². The van der Waals surface area contributed by atoms with E-state index in [1.807, 2.05) is 10.7 Å². The molecule has 0 amide bonds. The molecule has 80 valence electrons. The Labute approximate surface area is 88.1 Å². The molecule has 0 aliphatic heterocycles. The van der Waals surface area contributed by atoms with Crippen molar-refractivity contribution in [3.05, 3.63) is 24.2 Å². The van der Waals surface area contributed by atoms with Crippen molar-refractivity contribution in [2.75, 3.05) is 0 Å². The smallest absolute Gasteiger partial charge is 0.141 e. The molecular weight excluding hydrogens is 190 g/mol. The van der Waals surface area contributed by atoms with Gasteiger partial charge in [0, 0.05) is 24.0 Å². The molecule has 2 aromatic rings. The molecule has 0 aromatic carbocycles. The van der Waals surface area contributed by atoms with Crippen LogP contribution in [-0.2, 0) is 6.61 Å². The van der Waals surface area contributed by atoms with Crippen LogP contribution in [0.1, 0.15) is 37.3 Å². The van der Waals surface area contributed by atoms with Gasteiger partial charge in [0.2, 0.25) is 0 Å². The average molecular weight is 205 g/mol. The molecule has 1 fully saturated rings. The van der Waals surface area contributed by atoms with Crippen LogP contribution in [-0.4, -0.2) is 19.3 Å². The van der Waals surface area contributed by atoms with Crippen molar-refractivity contribution in [3.8, 4) is 0 Å². The fraction of sp³-hybridized carbons (Fsp3) is 0.545. The Morgan fingerprint density at radius 3 is 2.87 bits per heavy atom. The van der Waals surface area contributed by atoms with Crippen LogP contribution in [0.4, 0.5) is 0 Å². The lowest BCUT2D eigenvalue weighted by Crippen LogP contribution is -2.04. The molecule has 4 heteroatoms. The van der Waals surface area contributed by atoms with E-state index < -0.39 is 0 Å². The second kappa shape index (κ2) is 3.38. The zero-order valence-corrected chi connectivity index (χ0v) is 8.63. The van der Waals surface area contributed by atoms with E-state index in [9.17, 15) is 5.11 Å². The molecule has 2 heterocycles. The van der Waals surface area contributed by atoms with E-state index in [2.05, 4.69) is 15.9 Å². The highest BCUT2D eigenvalue weighted by atomic mass is 16.3. The maximum atomic E-state index is 9.24. The highest BCUT2D eigenvalue weighted by molar-refractivity contribution is 5.48. The molecule has 1 N–H and O–H groups in total. The van der Waals surface area contributed by atoms with E-state index in [1.165, 1.54) is 25.7 Å². The first-order valence-electron chi connectivity index (χ1n) is 5.54. The lowest BCUT2D eigenvalue weighted by Gasteiger charge is -2.12. The zero-order valence-electron chi connectivity index (χ0n) is 8.63. The summed E-state index contributed by atoms with van der Waals surface area (Å²) < 4.78 is 4.12. The standard InChI is InChI=1S/C11H15N3O/c15-8-9-7-12-14-6-5-13(11(9)14)10-3-1-2-4-10/h5-7,10,15H,1-4,8H2. The summed E-state index contributed by atoms with van der Waals surface area (Å²) in [5, 5.41) is 13.5. The van der Waals surface area contributed by atoms with Crippen LogP contribution in [0.5, 0.6) is 0 Å². The molecule has 1 saturated carbocycles. The van der Waals surface area contributed by atoms with Crippen LogP contribution < -0.4 is 0 Å². The first-order valence-corrected chi connectivity index (χ1v) is 5.54. The Morgan fingerprint density at radius 2 is 2.13 bits per heavy atom. The van der Waals surface area contributed by atoms with Gasteiger partial charge >= 0.3 is 0 Å². The Hall–Kier alpha value is -1.29. The summed E-state index contributed by atoms with van der Waals surface area (Å²) in [5.74, 6) is 0. The molecular formula is C11H15N3O. The van der Waals surface area contributed by atoms with Crippen molar-refractivity contribution < 1.29 is 5.11 Å². The van der Waals surface area contributed by atoms with Gasteiger partial charge in [-0.25, -0.2) is 4.52 Å². The number of aliphatic hydroxyl groups is 1. The summed E-state index contributed by atoms with van der Waals surface area (Å²) in [6.45, 7) is 0.0697. The van der Waals surface area contributed by atoms with Gasteiger partial charge in [0.1, 0.15) is 5.65 Å². The fourth-order valence-electron chi connectivity index (χ4n) is 2.58. The SMILES string of the molecule is OCc1cnn2ccn(C3CCCC3)c12. The van der Waals surface area contributed by atoms with E-state index in [0.717, 1.165) is 11.2 Å². The predicted molar refractivity (Wildman–Crippen MR) is 56.6 cm³/mol. The summed E-state index contributed by atoms with van der Waals surface area (Å²) in [7, 11) is 0. The van der Waals surface area contributed by atoms with Crippen molar-refractivity contribution in [1.82, 2.24) is 14.2 Å². The van der Waals surface area contributed by atoms with Gasteiger partial charge in [-0.05, 0) is 12.8 Å². The normalized spacial score (nSPS) is 17.9. The molecule has 4 nitrogen and oxygen atoms in total. The largest absolute Gasteiger partial charge is 0.391 e. The van der Waals surface area contributed by atoms with E-state index in [-0.39, 0.29) is 6.61 Å². The number of hydrogen-bond donors (Lipinski definition) is 1. The quantitative estimate of drug-likeness (QED) is 0.811. The molecule has 0 radical (unpaired) electrons. The number of imidazole rings is 1. The van der Waals surface area contributed by atoms with Crippen LogP contribution >= 0.6 is 0 Å². The molecule has 0 bridgehead atoms. The van der Waals surface area contributed by atoms with E-state index in [1.54, 1.807) is 6.20 Å². The molecule has 2 aromatic heterocycles. The van der Waals surface area contributed by atoms with Gasteiger partial charge < -0.3 is 9.67 Å². The average Bonchev–Trinajstić information content (AvgIpc) is 2.94. The summed E-state index contributed by atoms with van der Waals surface area (Å²) >= 11 is 0. The van der Waals surface area contributed by atoms with Crippen LogP contribution in [0.25, 0.3) is 5.65 Å². The van der Waals surface area contributed by atoms with Gasteiger partial charge in [-0.15, -0.1) is 0 Å². The third-order valence-electron chi connectivity index (χ3n) is 3.34. The second-order valence-electron chi connectivity index (χ2n) is 4.24. The van der Waals surface area contributed by atoms with Gasteiger partial charge in [0.25, 0.3) is 0 Å². The minimum Gasteiger partial charge on any atom is -0.391 e. The maximum Gasteiger partial charge on any atom is 0.141 e. The predicted octanol–water partition coefficient (Wildman–Crippen LogP) is 1.74. The van der Waals surface area contributed by atoms with Crippen molar-refractivity contribution in [1.29, 1.82) is 0 Å². The van der Waals surface area contributed by atoms with Crippen LogP contribution in [0, 0.1) is 0 Å². The van der Waals surface area contributed by atoms with Gasteiger partial charge in [0.05, 0.1) is 12.8 Å². The first-order chi connectivity index (χ1) is 7.40. The third-order valence-corrected chi connectivity index (χ3v) is 3.34. The Morgan fingerprint density at radius 1 is 1.33 bits per heavy atom. The Balaban J connectivity index is 2.12. The summed E-state index contributed by atoms with van der Waals surface area (Å²) in [5.41, 5.74) is 1.98. The number of hydrogen-bond acceptors (Lipinski definition) is 2. The second-order valence-corrected chi connectivity index (χ2v) is 4.24. The molecule has 1 aliphatic carbocycles. The maximum absolute atomic E-state index is 9.24. The van der Waals surface area contributed by atoms with Gasteiger partial charge in [-0.2, -0.15) is 5.10 Å². The Bertz CT molecular complexity index is 465. The van der Waals surface area contributed by atoms with E-state index in [4.69, 9.17) is 0 Å². The summed E-state index contributed by atoms with van der Waals surface area (Å²) in [6.07, 6.45) is 10.9. The van der Waals surface area contributed by atoms with Gasteiger partial charge in [0.15, 0.2) is 0 Å². The summed E-state index contributed by atoms with van der Waals surface area (Å²) in [6, 6.07) is 0.601. The van der Waals surface area contributed by atoms with Gasteiger partial charge in [-0.1, -0.05) is 12.8 Å². The van der Waals surface area contributed by atoms with Crippen molar-refractivity contribution in [3.63, 3.8) is 0 Å². The van der Waals surface area contributed by atoms with Crippen LogP contribution in [0.2, 0.25) is 0 Å². The fourth-order valence-corrected chi connectivity index (χ4v) is 2.58. The number of rotatable bonds is 2. The van der Waals surface area contributed by atoms with Crippen molar-refractivity contribution in [2.45, 2.75) is 38.3 Å². The lowest BCUT2D eigenvalue weighted by molar-refractivity contribution is 0.282. The minimum atomic E-state index is 0.0697. The topological polar surface area (TPSA) is 42.5 Å². The molecule has 0 spiro atoms. The number of fused-ring (bicyclic) bond motifs is 1. The Kier molecular flexibility index (Phi) is 2.02. The third kappa shape index (κ3) is 1.28. The number of aliphatic hydroxyl groups excluding tert-OH is 1. The molecule has 15 heavy (non-hydrogen) atoms. The lowest BCUT2D eigenvalue weighted by atomic mass is 10.2. The van der Waals surface area contributed by atoms with Crippen LogP contribution in [0.15, 0.2) is 18.6 Å². The highest BCUT2D eigenvalue weighted by Gasteiger charge is 2.20.